The van der Waals surface area contributed by atoms with Crippen molar-refractivity contribution in [1.82, 2.24) is 10.2 Å². The highest BCUT2D eigenvalue weighted by atomic mass is 16.3. The Bertz CT molecular complexity index is 397. The van der Waals surface area contributed by atoms with Gasteiger partial charge in [0.1, 0.15) is 0 Å². The van der Waals surface area contributed by atoms with Crippen LogP contribution in [0.25, 0.3) is 0 Å². The number of carbonyl (C=O) groups is 2. The fourth-order valence-corrected chi connectivity index (χ4v) is 3.53. The number of amides is 2. The van der Waals surface area contributed by atoms with Gasteiger partial charge < -0.3 is 15.3 Å². The molecule has 0 bridgehead atoms. The van der Waals surface area contributed by atoms with Gasteiger partial charge in [0.25, 0.3) is 0 Å². The molecule has 1 aliphatic heterocycles. The fourth-order valence-electron chi connectivity index (χ4n) is 3.53. The summed E-state index contributed by atoms with van der Waals surface area (Å²) < 4.78 is 0. The number of carbonyl (C=O) groups excluding carboxylic acids is 2. The topological polar surface area (TPSA) is 69.6 Å². The SMILES string of the molecule is C=CC(=O)N1CCC(C(=O)NCC(O)C2CCCCC2)CC1. The average Bonchev–Trinajstić information content (AvgIpc) is 2.59. The summed E-state index contributed by atoms with van der Waals surface area (Å²) in [5.41, 5.74) is 0. The van der Waals surface area contributed by atoms with Gasteiger partial charge in [0, 0.05) is 25.6 Å². The summed E-state index contributed by atoms with van der Waals surface area (Å²) >= 11 is 0. The Hall–Kier alpha value is -1.36. The molecule has 1 saturated carbocycles. The molecule has 2 aliphatic rings. The van der Waals surface area contributed by atoms with E-state index < -0.39 is 6.10 Å². The van der Waals surface area contributed by atoms with Crippen LogP contribution >= 0.6 is 0 Å². The van der Waals surface area contributed by atoms with Gasteiger partial charge in [-0.25, -0.2) is 0 Å². The smallest absolute Gasteiger partial charge is 0.245 e. The molecule has 2 rings (SSSR count). The van der Waals surface area contributed by atoms with Crippen LogP contribution in [0, 0.1) is 11.8 Å². The van der Waals surface area contributed by atoms with Gasteiger partial charge in [-0.3, -0.25) is 9.59 Å². The normalized spacial score (nSPS) is 22.1. The Morgan fingerprint density at radius 3 is 2.41 bits per heavy atom. The van der Waals surface area contributed by atoms with Gasteiger partial charge in [0.15, 0.2) is 0 Å². The molecule has 1 saturated heterocycles. The number of rotatable bonds is 5. The van der Waals surface area contributed by atoms with E-state index in [-0.39, 0.29) is 17.7 Å². The Morgan fingerprint density at radius 1 is 1.18 bits per heavy atom. The molecule has 2 amide bonds. The summed E-state index contributed by atoms with van der Waals surface area (Å²) in [6.45, 7) is 5.05. The Labute approximate surface area is 132 Å². The van der Waals surface area contributed by atoms with E-state index >= 15 is 0 Å². The molecule has 5 heteroatoms. The van der Waals surface area contributed by atoms with Crippen LogP contribution in [0.1, 0.15) is 44.9 Å². The van der Waals surface area contributed by atoms with Crippen molar-refractivity contribution in [2.75, 3.05) is 19.6 Å². The van der Waals surface area contributed by atoms with Crippen molar-refractivity contribution in [3.05, 3.63) is 12.7 Å². The van der Waals surface area contributed by atoms with Crippen molar-refractivity contribution in [2.24, 2.45) is 11.8 Å². The molecule has 2 N–H and O–H groups in total. The van der Waals surface area contributed by atoms with Gasteiger partial charge in [-0.05, 0) is 37.7 Å². The highest BCUT2D eigenvalue weighted by Crippen LogP contribution is 2.26. The van der Waals surface area contributed by atoms with E-state index in [0.29, 0.717) is 38.4 Å². The van der Waals surface area contributed by atoms with Crippen molar-refractivity contribution in [3.8, 4) is 0 Å². The minimum absolute atomic E-state index is 0.0144. The van der Waals surface area contributed by atoms with Crippen molar-refractivity contribution in [3.63, 3.8) is 0 Å². The van der Waals surface area contributed by atoms with Crippen LogP contribution in [0.4, 0.5) is 0 Å². The maximum atomic E-state index is 12.2. The predicted molar refractivity (Wildman–Crippen MR) is 85.1 cm³/mol. The van der Waals surface area contributed by atoms with Crippen molar-refractivity contribution in [1.29, 1.82) is 0 Å². The lowest BCUT2D eigenvalue weighted by Gasteiger charge is -2.31. The van der Waals surface area contributed by atoms with Gasteiger partial charge in [0.05, 0.1) is 6.10 Å². The third-order valence-corrected chi connectivity index (χ3v) is 5.03. The van der Waals surface area contributed by atoms with Crippen LogP contribution in [0.2, 0.25) is 0 Å². The summed E-state index contributed by atoms with van der Waals surface area (Å²) in [5, 5.41) is 13.1. The Balaban J connectivity index is 1.69. The lowest BCUT2D eigenvalue weighted by atomic mass is 9.85. The standard InChI is InChI=1S/C17H28N2O3/c1-2-16(21)19-10-8-14(9-11-19)17(22)18-12-15(20)13-6-4-3-5-7-13/h2,13-15,20H,1,3-12H2,(H,18,22). The molecule has 0 aromatic carbocycles. The minimum Gasteiger partial charge on any atom is -0.391 e. The lowest BCUT2D eigenvalue weighted by Crippen LogP contribution is -2.44. The second-order valence-electron chi connectivity index (χ2n) is 6.51. The molecular weight excluding hydrogens is 280 g/mol. The first-order valence-electron chi connectivity index (χ1n) is 8.49. The van der Waals surface area contributed by atoms with E-state index in [9.17, 15) is 14.7 Å². The molecular formula is C17H28N2O3. The highest BCUT2D eigenvalue weighted by molar-refractivity contribution is 5.87. The minimum atomic E-state index is -0.424. The van der Waals surface area contributed by atoms with E-state index in [0.717, 1.165) is 12.8 Å². The molecule has 1 heterocycles. The molecule has 5 nitrogen and oxygen atoms in total. The van der Waals surface area contributed by atoms with E-state index in [1.54, 1.807) is 4.90 Å². The molecule has 1 aliphatic carbocycles. The van der Waals surface area contributed by atoms with E-state index in [1.165, 1.54) is 25.3 Å². The summed E-state index contributed by atoms with van der Waals surface area (Å²) in [4.78, 5) is 25.4. The summed E-state index contributed by atoms with van der Waals surface area (Å²) in [7, 11) is 0. The Kier molecular flexibility index (Phi) is 6.43. The average molecular weight is 308 g/mol. The molecule has 0 radical (unpaired) electrons. The molecule has 0 aromatic rings. The van der Waals surface area contributed by atoms with Crippen molar-refractivity contribution in [2.45, 2.75) is 51.0 Å². The second-order valence-corrected chi connectivity index (χ2v) is 6.51. The van der Waals surface area contributed by atoms with Gasteiger partial charge in [-0.15, -0.1) is 0 Å². The van der Waals surface area contributed by atoms with E-state index in [4.69, 9.17) is 0 Å². The lowest BCUT2D eigenvalue weighted by molar-refractivity contribution is -0.132. The number of aliphatic hydroxyl groups is 1. The van der Waals surface area contributed by atoms with Crippen LogP contribution in [0.15, 0.2) is 12.7 Å². The molecule has 2 fully saturated rings. The van der Waals surface area contributed by atoms with Crippen LogP contribution < -0.4 is 5.32 Å². The zero-order valence-electron chi connectivity index (χ0n) is 13.3. The van der Waals surface area contributed by atoms with E-state index in [1.807, 2.05) is 0 Å². The first-order valence-corrected chi connectivity index (χ1v) is 8.49. The number of piperidine rings is 1. The first kappa shape index (κ1) is 17.0. The van der Waals surface area contributed by atoms with Gasteiger partial charge in [-0.2, -0.15) is 0 Å². The first-order chi connectivity index (χ1) is 10.6. The summed E-state index contributed by atoms with van der Waals surface area (Å²) in [6.07, 6.45) is 8.04. The fraction of sp³-hybridized carbons (Fsp3) is 0.765. The second kappa shape index (κ2) is 8.32. The van der Waals surface area contributed by atoms with Gasteiger partial charge >= 0.3 is 0 Å². The number of nitrogens with zero attached hydrogens (tertiary/aromatic N) is 1. The Morgan fingerprint density at radius 2 is 1.82 bits per heavy atom. The zero-order valence-corrected chi connectivity index (χ0v) is 13.3. The largest absolute Gasteiger partial charge is 0.391 e. The quantitative estimate of drug-likeness (QED) is 0.756. The molecule has 1 atom stereocenters. The zero-order chi connectivity index (χ0) is 15.9. The van der Waals surface area contributed by atoms with Crippen LogP contribution in [-0.4, -0.2) is 47.6 Å². The molecule has 0 spiro atoms. The number of hydrogen-bond donors (Lipinski definition) is 2. The number of hydrogen-bond acceptors (Lipinski definition) is 3. The number of likely N-dealkylation sites (tertiary alicyclic amines) is 1. The van der Waals surface area contributed by atoms with Crippen molar-refractivity contribution < 1.29 is 14.7 Å². The maximum absolute atomic E-state index is 12.2. The number of nitrogens with one attached hydrogen (secondary N) is 1. The third kappa shape index (κ3) is 4.57. The monoisotopic (exact) mass is 308 g/mol. The van der Waals surface area contributed by atoms with Gasteiger partial charge in [-0.1, -0.05) is 25.8 Å². The molecule has 0 aromatic heterocycles. The summed E-state index contributed by atoms with van der Waals surface area (Å²) in [5.74, 6) is 0.237. The van der Waals surface area contributed by atoms with E-state index in [2.05, 4.69) is 11.9 Å². The highest BCUT2D eigenvalue weighted by Gasteiger charge is 2.27. The summed E-state index contributed by atoms with van der Waals surface area (Å²) in [6, 6.07) is 0. The molecule has 124 valence electrons. The van der Waals surface area contributed by atoms with Crippen molar-refractivity contribution >= 4 is 11.8 Å². The molecule has 22 heavy (non-hydrogen) atoms. The third-order valence-electron chi connectivity index (χ3n) is 5.03. The van der Waals surface area contributed by atoms with Crippen LogP contribution in [0.5, 0.6) is 0 Å². The number of aliphatic hydroxyl groups excluding tert-OH is 1. The van der Waals surface area contributed by atoms with Crippen LogP contribution in [0.3, 0.4) is 0 Å². The maximum Gasteiger partial charge on any atom is 0.245 e. The molecule has 1 unspecified atom stereocenters. The van der Waals surface area contributed by atoms with Crippen LogP contribution in [-0.2, 0) is 9.59 Å². The predicted octanol–water partition coefficient (Wildman–Crippen LogP) is 1.47. The van der Waals surface area contributed by atoms with Gasteiger partial charge in [0.2, 0.25) is 11.8 Å².